The number of rotatable bonds is 8. The van der Waals surface area contributed by atoms with Crippen LogP contribution < -0.4 is 15.0 Å². The topological polar surface area (TPSA) is 44.8 Å². The van der Waals surface area contributed by atoms with Crippen LogP contribution in [0.2, 0.25) is 10.0 Å². The maximum atomic E-state index is 12.6. The highest BCUT2D eigenvalue weighted by Gasteiger charge is 2.20. The van der Waals surface area contributed by atoms with Gasteiger partial charge in [-0.1, -0.05) is 67.4 Å². The Balaban J connectivity index is 1.30. The zero-order chi connectivity index (χ0) is 25.7. The monoisotopic (exact) mass is 525 g/mol. The number of benzene rings is 3. The highest BCUT2D eigenvalue weighted by atomic mass is 35.5. The van der Waals surface area contributed by atoms with E-state index in [-0.39, 0.29) is 12.5 Å². The van der Waals surface area contributed by atoms with Gasteiger partial charge in [-0.3, -0.25) is 9.69 Å². The minimum atomic E-state index is -0.219. The van der Waals surface area contributed by atoms with E-state index in [4.69, 9.17) is 27.9 Å². The van der Waals surface area contributed by atoms with Crippen molar-refractivity contribution in [1.82, 2.24) is 4.90 Å². The number of aryl methyl sites for hydroxylation is 1. The van der Waals surface area contributed by atoms with Crippen molar-refractivity contribution in [3.8, 4) is 5.75 Å². The molecule has 1 aliphatic heterocycles. The first kappa shape index (κ1) is 26.3. The van der Waals surface area contributed by atoms with E-state index in [9.17, 15) is 4.79 Å². The second-order valence-corrected chi connectivity index (χ2v) is 10.4. The number of nitrogens with zero attached hydrogens (tertiary/aromatic N) is 2. The van der Waals surface area contributed by atoms with Crippen LogP contribution in [0.1, 0.15) is 36.5 Å². The summed E-state index contributed by atoms with van der Waals surface area (Å²) in [6.45, 7) is 10.6. The summed E-state index contributed by atoms with van der Waals surface area (Å²) in [6.07, 6.45) is 0. The van der Waals surface area contributed by atoms with E-state index in [0.29, 0.717) is 16.6 Å². The summed E-state index contributed by atoms with van der Waals surface area (Å²) in [5.41, 5.74) is 4.97. The van der Waals surface area contributed by atoms with Crippen molar-refractivity contribution in [1.29, 1.82) is 0 Å². The third-order valence-electron chi connectivity index (χ3n) is 6.45. The van der Waals surface area contributed by atoms with Crippen LogP contribution in [-0.2, 0) is 11.3 Å². The molecule has 4 rings (SSSR count). The van der Waals surface area contributed by atoms with Crippen LogP contribution in [0.15, 0.2) is 60.7 Å². The fraction of sp³-hybridized carbons (Fsp3) is 0.345. The molecule has 1 amide bonds. The van der Waals surface area contributed by atoms with Gasteiger partial charge in [0.05, 0.1) is 10.7 Å². The molecule has 1 heterocycles. The smallest absolute Gasteiger partial charge is 0.262 e. The average molecular weight is 527 g/mol. The third-order valence-corrected chi connectivity index (χ3v) is 7.12. The first-order valence-electron chi connectivity index (χ1n) is 12.3. The van der Waals surface area contributed by atoms with Crippen molar-refractivity contribution in [2.45, 2.75) is 33.2 Å². The molecule has 3 aromatic rings. The zero-order valence-corrected chi connectivity index (χ0v) is 22.6. The van der Waals surface area contributed by atoms with Gasteiger partial charge in [-0.25, -0.2) is 0 Å². The standard InChI is InChI=1S/C29H33Cl2N3O2/c1-20(2)24-10-8-21(3)16-28(24)36-19-29(35)32-23-9-11-27(26(31)17-23)34-14-12-33(13-15-34)18-22-6-4-5-7-25(22)30/h4-11,16-17,20H,12-15,18-19H2,1-3H3,(H,32,35). The Kier molecular flexibility index (Phi) is 8.78. The Morgan fingerprint density at radius 3 is 2.42 bits per heavy atom. The number of amides is 1. The summed E-state index contributed by atoms with van der Waals surface area (Å²) in [7, 11) is 0. The van der Waals surface area contributed by atoms with Crippen LogP contribution in [0, 0.1) is 6.92 Å². The third kappa shape index (κ3) is 6.73. The molecule has 36 heavy (non-hydrogen) atoms. The maximum Gasteiger partial charge on any atom is 0.262 e. The summed E-state index contributed by atoms with van der Waals surface area (Å²) >= 11 is 12.9. The molecule has 1 N–H and O–H groups in total. The van der Waals surface area contributed by atoms with Gasteiger partial charge in [-0.05, 0) is 59.9 Å². The van der Waals surface area contributed by atoms with Crippen molar-refractivity contribution >= 4 is 40.5 Å². The molecular weight excluding hydrogens is 493 g/mol. The number of ether oxygens (including phenoxy) is 1. The Hall–Kier alpha value is -2.73. The van der Waals surface area contributed by atoms with Gasteiger partial charge >= 0.3 is 0 Å². The Morgan fingerprint density at radius 1 is 0.972 bits per heavy atom. The van der Waals surface area contributed by atoms with Crippen molar-refractivity contribution in [2.75, 3.05) is 43.0 Å². The molecule has 0 saturated carbocycles. The summed E-state index contributed by atoms with van der Waals surface area (Å²) in [4.78, 5) is 17.2. The Morgan fingerprint density at radius 2 is 1.72 bits per heavy atom. The van der Waals surface area contributed by atoms with Gasteiger partial charge in [0.1, 0.15) is 5.75 Å². The second kappa shape index (κ2) is 12.0. The van der Waals surface area contributed by atoms with Crippen LogP contribution in [0.3, 0.4) is 0 Å². The molecule has 1 saturated heterocycles. The highest BCUT2D eigenvalue weighted by molar-refractivity contribution is 6.33. The molecule has 1 aliphatic rings. The molecule has 0 aliphatic carbocycles. The number of nitrogens with one attached hydrogen (secondary N) is 1. The predicted octanol–water partition coefficient (Wildman–Crippen LogP) is 6.76. The minimum absolute atomic E-state index is 0.0596. The number of hydrogen-bond donors (Lipinski definition) is 1. The van der Waals surface area contributed by atoms with Gasteiger partial charge < -0.3 is 15.0 Å². The van der Waals surface area contributed by atoms with Gasteiger partial charge in [0, 0.05) is 43.4 Å². The number of carbonyl (C=O) groups is 1. The van der Waals surface area contributed by atoms with Crippen LogP contribution in [0.25, 0.3) is 0 Å². The number of halogens is 2. The SMILES string of the molecule is Cc1ccc(C(C)C)c(OCC(=O)Nc2ccc(N3CCN(Cc4ccccc4Cl)CC3)c(Cl)c2)c1. The molecule has 0 bridgehead atoms. The zero-order valence-electron chi connectivity index (χ0n) is 21.1. The lowest BCUT2D eigenvalue weighted by Gasteiger charge is -2.36. The van der Waals surface area contributed by atoms with Crippen molar-refractivity contribution in [3.63, 3.8) is 0 Å². The van der Waals surface area contributed by atoms with Crippen molar-refractivity contribution in [2.24, 2.45) is 0 Å². The Labute approximate surface area is 224 Å². The fourth-order valence-corrected chi connectivity index (χ4v) is 4.94. The summed E-state index contributed by atoms with van der Waals surface area (Å²) in [6, 6.07) is 19.7. The number of anilines is 2. The van der Waals surface area contributed by atoms with Gasteiger partial charge in [-0.15, -0.1) is 0 Å². The molecular formula is C29H33Cl2N3O2. The Bertz CT molecular complexity index is 1210. The van der Waals surface area contributed by atoms with E-state index >= 15 is 0 Å². The van der Waals surface area contributed by atoms with Crippen LogP contribution in [0.5, 0.6) is 5.75 Å². The maximum absolute atomic E-state index is 12.6. The molecule has 1 fully saturated rings. The summed E-state index contributed by atoms with van der Waals surface area (Å²) in [5.74, 6) is 0.846. The van der Waals surface area contributed by atoms with Gasteiger partial charge in [-0.2, -0.15) is 0 Å². The number of piperazine rings is 1. The van der Waals surface area contributed by atoms with E-state index in [2.05, 4.69) is 47.2 Å². The van der Waals surface area contributed by atoms with E-state index in [0.717, 1.165) is 65.9 Å². The van der Waals surface area contributed by atoms with Crippen LogP contribution >= 0.6 is 23.2 Å². The largest absolute Gasteiger partial charge is 0.483 e. The van der Waals surface area contributed by atoms with E-state index in [1.807, 2.05) is 43.3 Å². The quantitative estimate of drug-likeness (QED) is 0.352. The lowest BCUT2D eigenvalue weighted by atomic mass is 10.0. The van der Waals surface area contributed by atoms with Crippen LogP contribution in [-0.4, -0.2) is 43.6 Å². The van der Waals surface area contributed by atoms with E-state index < -0.39 is 0 Å². The van der Waals surface area contributed by atoms with E-state index in [1.165, 1.54) is 0 Å². The van der Waals surface area contributed by atoms with E-state index in [1.54, 1.807) is 6.07 Å². The minimum Gasteiger partial charge on any atom is -0.483 e. The molecule has 5 nitrogen and oxygen atoms in total. The first-order chi connectivity index (χ1) is 17.3. The number of carbonyl (C=O) groups excluding carboxylic acids is 1. The van der Waals surface area contributed by atoms with Crippen molar-refractivity contribution < 1.29 is 9.53 Å². The second-order valence-electron chi connectivity index (χ2n) is 9.55. The molecule has 7 heteroatoms. The molecule has 0 unspecified atom stereocenters. The summed E-state index contributed by atoms with van der Waals surface area (Å²) in [5, 5.41) is 4.33. The molecule has 3 aromatic carbocycles. The molecule has 190 valence electrons. The fourth-order valence-electron chi connectivity index (χ4n) is 4.44. The molecule has 0 atom stereocenters. The summed E-state index contributed by atoms with van der Waals surface area (Å²) < 4.78 is 5.86. The van der Waals surface area contributed by atoms with Crippen molar-refractivity contribution in [3.05, 3.63) is 87.4 Å². The lowest BCUT2D eigenvalue weighted by molar-refractivity contribution is -0.118. The van der Waals surface area contributed by atoms with Gasteiger partial charge in [0.15, 0.2) is 6.61 Å². The normalized spacial score (nSPS) is 14.2. The molecule has 0 spiro atoms. The molecule has 0 aromatic heterocycles. The average Bonchev–Trinajstić information content (AvgIpc) is 2.85. The highest BCUT2D eigenvalue weighted by Crippen LogP contribution is 2.31. The van der Waals surface area contributed by atoms with Gasteiger partial charge in [0.2, 0.25) is 0 Å². The number of hydrogen-bond acceptors (Lipinski definition) is 4. The van der Waals surface area contributed by atoms with Crippen LogP contribution in [0.4, 0.5) is 11.4 Å². The molecule has 0 radical (unpaired) electrons. The van der Waals surface area contributed by atoms with Gasteiger partial charge in [0.25, 0.3) is 5.91 Å². The lowest BCUT2D eigenvalue weighted by Crippen LogP contribution is -2.46. The predicted molar refractivity (Wildman–Crippen MR) is 150 cm³/mol. The first-order valence-corrected chi connectivity index (χ1v) is 13.1.